The van der Waals surface area contributed by atoms with Crippen LogP contribution in [0.4, 0.5) is 0 Å². The molecule has 2 amide bonds. The van der Waals surface area contributed by atoms with Crippen molar-refractivity contribution in [2.24, 2.45) is 5.92 Å². The van der Waals surface area contributed by atoms with E-state index in [1.54, 1.807) is 17.0 Å². The van der Waals surface area contributed by atoms with E-state index < -0.39 is 6.04 Å². The fraction of sp³-hybridized carbons (Fsp3) is 0.467. The minimum atomic E-state index is -0.537. The summed E-state index contributed by atoms with van der Waals surface area (Å²) in [6.07, 6.45) is 1.02. The second kappa shape index (κ2) is 6.67. The van der Waals surface area contributed by atoms with Gasteiger partial charge < -0.3 is 10.2 Å². The minimum absolute atomic E-state index is 0.00752. The summed E-state index contributed by atoms with van der Waals surface area (Å²) in [7, 11) is 0. The van der Waals surface area contributed by atoms with Gasteiger partial charge in [-0.3, -0.25) is 9.59 Å². The zero-order valence-corrected chi connectivity index (χ0v) is 13.5. The molecule has 1 atom stereocenters. The van der Waals surface area contributed by atoms with E-state index in [2.05, 4.69) is 5.32 Å². The van der Waals surface area contributed by atoms with Gasteiger partial charge in [-0.1, -0.05) is 37.0 Å². The second-order valence-corrected chi connectivity index (χ2v) is 6.34. The smallest absolute Gasteiger partial charge is 0.253 e. The van der Waals surface area contributed by atoms with Gasteiger partial charge in [0.15, 0.2) is 0 Å². The molecule has 1 saturated heterocycles. The standard InChI is InChI=1S/C15H18Cl2N2O2/c1-9(2)13(15(21)19-6-3-7-19)18-14(20)11-5-4-10(16)8-12(11)17/h4-5,8-9,13H,3,6-7H2,1-2H3,(H,18,20)/t13-/m0/s1. The highest BCUT2D eigenvalue weighted by Crippen LogP contribution is 2.21. The molecule has 2 rings (SSSR count). The highest BCUT2D eigenvalue weighted by Gasteiger charge is 2.31. The Morgan fingerprint density at radius 2 is 1.90 bits per heavy atom. The van der Waals surface area contributed by atoms with Gasteiger partial charge in [-0.05, 0) is 30.5 Å². The van der Waals surface area contributed by atoms with Crippen LogP contribution in [0.1, 0.15) is 30.6 Å². The summed E-state index contributed by atoms with van der Waals surface area (Å²) in [5, 5.41) is 3.53. The van der Waals surface area contributed by atoms with E-state index in [9.17, 15) is 9.59 Å². The summed E-state index contributed by atoms with van der Waals surface area (Å²) in [4.78, 5) is 26.4. The summed E-state index contributed by atoms with van der Waals surface area (Å²) in [5.41, 5.74) is 0.322. The molecule has 0 unspecified atom stereocenters. The first-order chi connectivity index (χ1) is 9.90. The van der Waals surface area contributed by atoms with Crippen molar-refractivity contribution in [3.63, 3.8) is 0 Å². The highest BCUT2D eigenvalue weighted by atomic mass is 35.5. The molecule has 1 aliphatic heterocycles. The largest absolute Gasteiger partial charge is 0.341 e. The maximum atomic E-state index is 12.3. The van der Waals surface area contributed by atoms with Gasteiger partial charge in [0.2, 0.25) is 5.91 Å². The third kappa shape index (κ3) is 3.69. The number of hydrogen-bond donors (Lipinski definition) is 1. The lowest BCUT2D eigenvalue weighted by Gasteiger charge is -2.35. The molecule has 114 valence electrons. The van der Waals surface area contributed by atoms with Crippen LogP contribution in [0.2, 0.25) is 10.0 Å². The molecule has 0 spiro atoms. The van der Waals surface area contributed by atoms with Crippen LogP contribution >= 0.6 is 23.2 Å². The quantitative estimate of drug-likeness (QED) is 0.923. The van der Waals surface area contributed by atoms with Gasteiger partial charge in [-0.2, -0.15) is 0 Å². The van der Waals surface area contributed by atoms with E-state index in [0.29, 0.717) is 10.6 Å². The van der Waals surface area contributed by atoms with Crippen molar-refractivity contribution >= 4 is 35.0 Å². The normalized spacial score (nSPS) is 15.6. The lowest BCUT2D eigenvalue weighted by molar-refractivity contribution is -0.137. The van der Waals surface area contributed by atoms with E-state index in [-0.39, 0.29) is 22.8 Å². The molecule has 1 N–H and O–H groups in total. The van der Waals surface area contributed by atoms with Crippen molar-refractivity contribution in [3.05, 3.63) is 33.8 Å². The van der Waals surface area contributed by atoms with Crippen molar-refractivity contribution in [1.29, 1.82) is 0 Å². The summed E-state index contributed by atoms with van der Waals surface area (Å²) in [6, 6.07) is 4.14. The summed E-state index contributed by atoms with van der Waals surface area (Å²) in [5.74, 6) is -0.382. The number of halogens is 2. The molecule has 0 radical (unpaired) electrons. The number of carbonyl (C=O) groups excluding carboxylic acids is 2. The molecule has 0 aromatic heterocycles. The first kappa shape index (κ1) is 16.1. The van der Waals surface area contributed by atoms with E-state index in [1.165, 1.54) is 6.07 Å². The van der Waals surface area contributed by atoms with Gasteiger partial charge in [-0.25, -0.2) is 0 Å². The number of benzene rings is 1. The average molecular weight is 329 g/mol. The van der Waals surface area contributed by atoms with E-state index in [4.69, 9.17) is 23.2 Å². The van der Waals surface area contributed by atoms with E-state index in [0.717, 1.165) is 19.5 Å². The van der Waals surface area contributed by atoms with Crippen molar-refractivity contribution < 1.29 is 9.59 Å². The molecular weight excluding hydrogens is 311 g/mol. The minimum Gasteiger partial charge on any atom is -0.341 e. The zero-order chi connectivity index (χ0) is 15.6. The summed E-state index contributed by atoms with van der Waals surface area (Å²) >= 11 is 11.8. The van der Waals surface area contributed by atoms with Gasteiger partial charge in [-0.15, -0.1) is 0 Å². The monoisotopic (exact) mass is 328 g/mol. The number of amides is 2. The average Bonchev–Trinajstić information content (AvgIpc) is 2.32. The van der Waals surface area contributed by atoms with Crippen LogP contribution < -0.4 is 5.32 Å². The third-order valence-corrected chi connectivity index (χ3v) is 4.11. The number of hydrogen-bond acceptors (Lipinski definition) is 2. The van der Waals surface area contributed by atoms with Gasteiger partial charge in [0, 0.05) is 18.1 Å². The Kier molecular flexibility index (Phi) is 5.12. The van der Waals surface area contributed by atoms with E-state index >= 15 is 0 Å². The summed E-state index contributed by atoms with van der Waals surface area (Å²) < 4.78 is 0. The topological polar surface area (TPSA) is 49.4 Å². The van der Waals surface area contributed by atoms with Gasteiger partial charge in [0.1, 0.15) is 6.04 Å². The van der Waals surface area contributed by atoms with Crippen LogP contribution in [0.15, 0.2) is 18.2 Å². The van der Waals surface area contributed by atoms with Crippen molar-refractivity contribution in [2.45, 2.75) is 26.3 Å². The number of rotatable bonds is 4. The van der Waals surface area contributed by atoms with Gasteiger partial charge >= 0.3 is 0 Å². The van der Waals surface area contributed by atoms with Crippen LogP contribution in [0, 0.1) is 5.92 Å². The Labute approximate surface area is 134 Å². The maximum Gasteiger partial charge on any atom is 0.253 e. The molecule has 0 aliphatic carbocycles. The molecule has 4 nitrogen and oxygen atoms in total. The Balaban J connectivity index is 2.12. The van der Waals surface area contributed by atoms with Crippen molar-refractivity contribution in [2.75, 3.05) is 13.1 Å². The SMILES string of the molecule is CC(C)[C@H](NC(=O)c1ccc(Cl)cc1Cl)C(=O)N1CCC1. The zero-order valence-electron chi connectivity index (χ0n) is 12.0. The van der Waals surface area contributed by atoms with Crippen LogP contribution in [-0.4, -0.2) is 35.8 Å². The number of likely N-dealkylation sites (tertiary alicyclic amines) is 1. The molecule has 21 heavy (non-hydrogen) atoms. The molecule has 0 saturated carbocycles. The van der Waals surface area contributed by atoms with Gasteiger partial charge in [0.25, 0.3) is 5.91 Å². The molecular formula is C15H18Cl2N2O2. The lowest BCUT2D eigenvalue weighted by Crippen LogP contribution is -2.55. The molecule has 1 heterocycles. The number of carbonyl (C=O) groups is 2. The predicted octanol–water partition coefficient (Wildman–Crippen LogP) is 2.98. The first-order valence-electron chi connectivity index (χ1n) is 6.95. The van der Waals surface area contributed by atoms with E-state index in [1.807, 2.05) is 13.8 Å². The molecule has 6 heteroatoms. The fourth-order valence-electron chi connectivity index (χ4n) is 2.14. The highest BCUT2D eigenvalue weighted by molar-refractivity contribution is 6.36. The van der Waals surface area contributed by atoms with Crippen molar-refractivity contribution in [3.8, 4) is 0 Å². The molecule has 1 aliphatic rings. The molecule has 1 fully saturated rings. The third-order valence-electron chi connectivity index (χ3n) is 3.56. The second-order valence-electron chi connectivity index (χ2n) is 5.50. The van der Waals surface area contributed by atoms with Crippen molar-refractivity contribution in [1.82, 2.24) is 10.2 Å². The maximum absolute atomic E-state index is 12.3. The van der Waals surface area contributed by atoms with Crippen LogP contribution in [0.25, 0.3) is 0 Å². The molecule has 1 aromatic carbocycles. The van der Waals surface area contributed by atoms with Crippen LogP contribution in [0.3, 0.4) is 0 Å². The predicted molar refractivity (Wildman–Crippen MR) is 83.8 cm³/mol. The Hall–Kier alpha value is -1.26. The Morgan fingerprint density at radius 3 is 2.38 bits per heavy atom. The number of nitrogens with one attached hydrogen (secondary N) is 1. The Bertz CT molecular complexity index is 557. The van der Waals surface area contributed by atoms with Crippen LogP contribution in [0.5, 0.6) is 0 Å². The Morgan fingerprint density at radius 1 is 1.24 bits per heavy atom. The molecule has 0 bridgehead atoms. The first-order valence-corrected chi connectivity index (χ1v) is 7.70. The van der Waals surface area contributed by atoms with Gasteiger partial charge in [0.05, 0.1) is 10.6 Å². The summed E-state index contributed by atoms with van der Waals surface area (Å²) in [6.45, 7) is 5.34. The number of nitrogens with zero attached hydrogens (tertiary/aromatic N) is 1. The lowest BCUT2D eigenvalue weighted by atomic mass is 10.0. The van der Waals surface area contributed by atoms with Crippen LogP contribution in [-0.2, 0) is 4.79 Å². The molecule has 1 aromatic rings. The fourth-order valence-corrected chi connectivity index (χ4v) is 2.63.